The van der Waals surface area contributed by atoms with Gasteiger partial charge < -0.3 is 19.3 Å². The molecule has 0 aliphatic rings. The SMILES string of the molecule is CC(=O)OC[C@H](OC(C)=O)[C@H](OC(C)=O)C(=O)O. The Balaban J connectivity index is 4.84. The van der Waals surface area contributed by atoms with Crippen molar-refractivity contribution in [2.24, 2.45) is 0 Å². The van der Waals surface area contributed by atoms with Crippen LogP contribution in [-0.4, -0.2) is 47.8 Å². The number of carbonyl (C=O) groups excluding carboxylic acids is 3. The smallest absolute Gasteiger partial charge is 0.349 e. The van der Waals surface area contributed by atoms with Gasteiger partial charge in [-0.3, -0.25) is 14.4 Å². The summed E-state index contributed by atoms with van der Waals surface area (Å²) in [5.74, 6) is -3.84. The number of aliphatic carboxylic acids is 1. The van der Waals surface area contributed by atoms with E-state index in [-0.39, 0.29) is 0 Å². The molecule has 0 rings (SSSR count). The van der Waals surface area contributed by atoms with E-state index in [0.29, 0.717) is 0 Å². The molecule has 8 nitrogen and oxygen atoms in total. The molecule has 0 spiro atoms. The van der Waals surface area contributed by atoms with E-state index >= 15 is 0 Å². The summed E-state index contributed by atoms with van der Waals surface area (Å²) in [6.07, 6.45) is -3.13. The number of esters is 3. The first kappa shape index (κ1) is 15.9. The fourth-order valence-electron chi connectivity index (χ4n) is 1.06. The van der Waals surface area contributed by atoms with Crippen LogP contribution in [0.2, 0.25) is 0 Å². The van der Waals surface area contributed by atoms with E-state index < -0.39 is 42.7 Å². The summed E-state index contributed by atoms with van der Waals surface area (Å²) >= 11 is 0. The van der Waals surface area contributed by atoms with Crippen molar-refractivity contribution in [1.82, 2.24) is 0 Å². The van der Waals surface area contributed by atoms with Gasteiger partial charge in [-0.1, -0.05) is 0 Å². The average Bonchev–Trinajstić information content (AvgIpc) is 2.19. The van der Waals surface area contributed by atoms with Crippen LogP contribution in [0.5, 0.6) is 0 Å². The molecule has 0 radical (unpaired) electrons. The molecular weight excluding hydrogens is 248 g/mol. The van der Waals surface area contributed by atoms with Gasteiger partial charge >= 0.3 is 23.9 Å². The minimum absolute atomic E-state index is 0.515. The largest absolute Gasteiger partial charge is 0.478 e. The van der Waals surface area contributed by atoms with Crippen molar-refractivity contribution in [2.45, 2.75) is 33.0 Å². The fraction of sp³-hybridized carbons (Fsp3) is 0.600. The van der Waals surface area contributed by atoms with E-state index in [9.17, 15) is 19.2 Å². The van der Waals surface area contributed by atoms with Gasteiger partial charge in [-0.05, 0) is 0 Å². The van der Waals surface area contributed by atoms with Crippen molar-refractivity contribution in [3.63, 3.8) is 0 Å². The highest BCUT2D eigenvalue weighted by molar-refractivity contribution is 5.78. The van der Waals surface area contributed by atoms with Crippen LogP contribution in [0.1, 0.15) is 20.8 Å². The van der Waals surface area contributed by atoms with Crippen LogP contribution >= 0.6 is 0 Å². The maximum atomic E-state index is 10.9. The van der Waals surface area contributed by atoms with Gasteiger partial charge in [0, 0.05) is 20.8 Å². The molecule has 0 aliphatic carbocycles. The first-order chi connectivity index (χ1) is 8.23. The number of carbonyl (C=O) groups is 4. The predicted octanol–water partition coefficient (Wildman–Crippen LogP) is -0.502. The summed E-state index contributed by atoms with van der Waals surface area (Å²) in [6.45, 7) is 2.64. The molecule has 18 heavy (non-hydrogen) atoms. The minimum Gasteiger partial charge on any atom is -0.478 e. The summed E-state index contributed by atoms with van der Waals surface area (Å²) in [4.78, 5) is 43.1. The molecule has 0 aliphatic heterocycles. The third-order valence-electron chi connectivity index (χ3n) is 1.64. The van der Waals surface area contributed by atoms with E-state index in [1.54, 1.807) is 0 Å². The standard InChI is InChI=1S/C10H14O8/c1-5(11)16-4-8(17-6(2)12)9(10(14)15)18-7(3)13/h8-9H,4H2,1-3H3,(H,14,15)/t8-,9-/m0/s1. The quantitative estimate of drug-likeness (QED) is 0.503. The Morgan fingerprint density at radius 1 is 0.944 bits per heavy atom. The maximum absolute atomic E-state index is 10.9. The van der Waals surface area contributed by atoms with E-state index in [4.69, 9.17) is 5.11 Å². The molecule has 2 atom stereocenters. The number of carboxylic acids is 1. The van der Waals surface area contributed by atoms with Crippen molar-refractivity contribution in [2.75, 3.05) is 6.61 Å². The van der Waals surface area contributed by atoms with Gasteiger partial charge in [-0.15, -0.1) is 0 Å². The normalized spacial score (nSPS) is 13.1. The summed E-state index contributed by atoms with van der Waals surface area (Å²) in [6, 6.07) is 0. The molecular formula is C10H14O8. The molecule has 0 heterocycles. The van der Waals surface area contributed by atoms with Crippen LogP contribution in [0.25, 0.3) is 0 Å². The number of ether oxygens (including phenoxy) is 3. The Morgan fingerprint density at radius 2 is 1.44 bits per heavy atom. The van der Waals surface area contributed by atoms with E-state index in [1.807, 2.05) is 0 Å². The molecule has 0 aromatic heterocycles. The van der Waals surface area contributed by atoms with Gasteiger partial charge in [0.25, 0.3) is 0 Å². The number of rotatable bonds is 6. The molecule has 8 heteroatoms. The van der Waals surface area contributed by atoms with Crippen LogP contribution in [0, 0.1) is 0 Å². The zero-order valence-electron chi connectivity index (χ0n) is 10.2. The molecule has 1 N–H and O–H groups in total. The number of carboxylic acid groups (broad SMARTS) is 1. The lowest BCUT2D eigenvalue weighted by Gasteiger charge is -2.22. The van der Waals surface area contributed by atoms with Gasteiger partial charge in [0.2, 0.25) is 6.10 Å². The molecule has 0 unspecified atom stereocenters. The lowest BCUT2D eigenvalue weighted by Crippen LogP contribution is -2.43. The van der Waals surface area contributed by atoms with Crippen LogP contribution in [0.15, 0.2) is 0 Å². The monoisotopic (exact) mass is 262 g/mol. The summed E-state index contributed by atoms with van der Waals surface area (Å²) < 4.78 is 13.7. The van der Waals surface area contributed by atoms with E-state index in [1.165, 1.54) is 0 Å². The number of hydrogen-bond acceptors (Lipinski definition) is 7. The lowest BCUT2D eigenvalue weighted by atomic mass is 10.2. The first-order valence-electron chi connectivity index (χ1n) is 4.94. The second-order valence-electron chi connectivity index (χ2n) is 3.32. The van der Waals surface area contributed by atoms with Crippen molar-refractivity contribution >= 4 is 23.9 Å². The van der Waals surface area contributed by atoms with Crippen LogP contribution in [0.4, 0.5) is 0 Å². The zero-order chi connectivity index (χ0) is 14.3. The predicted molar refractivity (Wildman–Crippen MR) is 55.4 cm³/mol. The molecule has 0 fully saturated rings. The third kappa shape index (κ3) is 6.46. The second kappa shape index (κ2) is 7.25. The Kier molecular flexibility index (Phi) is 6.40. The van der Waals surface area contributed by atoms with Crippen LogP contribution in [0.3, 0.4) is 0 Å². The first-order valence-corrected chi connectivity index (χ1v) is 4.94. The average molecular weight is 262 g/mol. The van der Waals surface area contributed by atoms with E-state index in [2.05, 4.69) is 14.2 Å². The highest BCUT2D eigenvalue weighted by atomic mass is 16.6. The molecule has 0 aromatic rings. The highest BCUT2D eigenvalue weighted by Crippen LogP contribution is 2.07. The van der Waals surface area contributed by atoms with Crippen molar-refractivity contribution < 1.29 is 38.5 Å². The van der Waals surface area contributed by atoms with Gasteiger partial charge in [0.1, 0.15) is 6.61 Å². The highest BCUT2D eigenvalue weighted by Gasteiger charge is 2.34. The molecule has 0 bridgehead atoms. The summed E-state index contributed by atoms with van der Waals surface area (Å²) in [7, 11) is 0. The fourth-order valence-corrected chi connectivity index (χ4v) is 1.06. The molecule has 0 amide bonds. The summed E-state index contributed by atoms with van der Waals surface area (Å²) in [5.41, 5.74) is 0. The van der Waals surface area contributed by atoms with Crippen molar-refractivity contribution in [3.8, 4) is 0 Å². The maximum Gasteiger partial charge on any atom is 0.349 e. The topological polar surface area (TPSA) is 116 Å². The zero-order valence-corrected chi connectivity index (χ0v) is 10.2. The van der Waals surface area contributed by atoms with Gasteiger partial charge in [0.15, 0.2) is 6.10 Å². The second-order valence-corrected chi connectivity index (χ2v) is 3.32. The Morgan fingerprint density at radius 3 is 1.78 bits per heavy atom. The Labute approximate surface area is 103 Å². The van der Waals surface area contributed by atoms with Gasteiger partial charge in [-0.2, -0.15) is 0 Å². The lowest BCUT2D eigenvalue weighted by molar-refractivity contribution is -0.183. The Hall–Kier alpha value is -2.12. The van der Waals surface area contributed by atoms with Crippen LogP contribution < -0.4 is 0 Å². The third-order valence-corrected chi connectivity index (χ3v) is 1.64. The molecule has 0 aromatic carbocycles. The minimum atomic E-state index is -1.73. The van der Waals surface area contributed by atoms with Gasteiger partial charge in [0.05, 0.1) is 0 Å². The molecule has 0 saturated heterocycles. The van der Waals surface area contributed by atoms with E-state index in [0.717, 1.165) is 20.8 Å². The molecule has 102 valence electrons. The number of hydrogen-bond donors (Lipinski definition) is 1. The van der Waals surface area contributed by atoms with Crippen molar-refractivity contribution in [3.05, 3.63) is 0 Å². The van der Waals surface area contributed by atoms with Gasteiger partial charge in [-0.25, -0.2) is 4.79 Å². The molecule has 0 saturated carbocycles. The van der Waals surface area contributed by atoms with Crippen molar-refractivity contribution in [1.29, 1.82) is 0 Å². The van der Waals surface area contributed by atoms with Crippen LogP contribution in [-0.2, 0) is 33.4 Å². The summed E-state index contributed by atoms with van der Waals surface area (Å²) in [5, 5.41) is 8.86. The Bertz CT molecular complexity index is 348.